The van der Waals surface area contributed by atoms with Crippen molar-refractivity contribution >= 4 is 29.5 Å². The first-order chi connectivity index (χ1) is 15.7. The van der Waals surface area contributed by atoms with Gasteiger partial charge in [0.05, 0.1) is 16.6 Å². The standard InChI is InChI=1S/C21H17ClFN7OS/c22-14-10-25-19(26-11-14)5-7-32-29-21-28-27-20-16-8-15(23)3-4-18(16)31-12-17(30(20)21)13-2-1-6-24-9-13/h1-4,6,8-11,17H,5,7,12H2,(H,28,29). The van der Waals surface area contributed by atoms with Crippen molar-refractivity contribution in [2.75, 3.05) is 17.1 Å². The van der Waals surface area contributed by atoms with Crippen LogP contribution in [-0.4, -0.2) is 42.1 Å². The molecule has 11 heteroatoms. The largest absolute Gasteiger partial charge is 0.490 e. The molecule has 0 saturated carbocycles. The first-order valence-electron chi connectivity index (χ1n) is 9.81. The Bertz CT molecular complexity index is 1220. The number of benzene rings is 1. The van der Waals surface area contributed by atoms with Crippen LogP contribution in [0.5, 0.6) is 5.75 Å². The Balaban J connectivity index is 1.42. The van der Waals surface area contributed by atoms with Gasteiger partial charge in [0.25, 0.3) is 0 Å². The molecule has 8 nitrogen and oxygen atoms in total. The molecule has 162 valence electrons. The highest BCUT2D eigenvalue weighted by Crippen LogP contribution is 2.38. The smallest absolute Gasteiger partial charge is 0.235 e. The van der Waals surface area contributed by atoms with Gasteiger partial charge in [0, 0.05) is 37.0 Å². The summed E-state index contributed by atoms with van der Waals surface area (Å²) in [5.74, 6) is 2.66. The second-order valence-corrected chi connectivity index (χ2v) is 8.33. The van der Waals surface area contributed by atoms with Gasteiger partial charge in [0.2, 0.25) is 5.95 Å². The maximum absolute atomic E-state index is 14.0. The van der Waals surface area contributed by atoms with Crippen molar-refractivity contribution in [2.24, 2.45) is 0 Å². The maximum Gasteiger partial charge on any atom is 0.235 e. The van der Waals surface area contributed by atoms with Crippen molar-refractivity contribution in [2.45, 2.75) is 12.5 Å². The Kier molecular flexibility index (Phi) is 5.87. The van der Waals surface area contributed by atoms with Crippen LogP contribution in [0, 0.1) is 5.82 Å². The third-order valence-electron chi connectivity index (χ3n) is 4.92. The molecule has 0 radical (unpaired) electrons. The Morgan fingerprint density at radius 2 is 2.06 bits per heavy atom. The van der Waals surface area contributed by atoms with Gasteiger partial charge in [-0.1, -0.05) is 17.7 Å². The quantitative estimate of drug-likeness (QED) is 0.332. The lowest BCUT2D eigenvalue weighted by Gasteiger charge is -2.19. The highest BCUT2D eigenvalue weighted by molar-refractivity contribution is 8.00. The second kappa shape index (κ2) is 9.09. The number of aromatic nitrogens is 6. The van der Waals surface area contributed by atoms with Crippen LogP contribution in [-0.2, 0) is 6.42 Å². The van der Waals surface area contributed by atoms with Crippen molar-refractivity contribution < 1.29 is 9.13 Å². The van der Waals surface area contributed by atoms with Crippen LogP contribution in [0.2, 0.25) is 5.02 Å². The molecule has 1 aliphatic heterocycles. The molecule has 4 heterocycles. The molecular formula is C21H17ClFN7OS. The van der Waals surface area contributed by atoms with E-state index in [0.29, 0.717) is 52.7 Å². The number of rotatable bonds is 6. The molecule has 0 saturated heterocycles. The van der Waals surface area contributed by atoms with Crippen molar-refractivity contribution in [1.82, 2.24) is 29.7 Å². The van der Waals surface area contributed by atoms with Gasteiger partial charge in [0.15, 0.2) is 5.82 Å². The molecule has 0 bridgehead atoms. The number of hydrogen-bond acceptors (Lipinski definition) is 8. The zero-order chi connectivity index (χ0) is 21.9. The summed E-state index contributed by atoms with van der Waals surface area (Å²) >= 11 is 7.29. The summed E-state index contributed by atoms with van der Waals surface area (Å²) in [6.45, 7) is 0.327. The van der Waals surface area contributed by atoms with E-state index in [1.807, 2.05) is 16.7 Å². The SMILES string of the molecule is Fc1ccc2c(c1)-c1nnc(NSCCc3ncc(Cl)cn3)n1C(c1cccnc1)CO2. The predicted molar refractivity (Wildman–Crippen MR) is 120 cm³/mol. The number of nitrogens with zero attached hydrogens (tertiary/aromatic N) is 6. The molecular weight excluding hydrogens is 453 g/mol. The summed E-state index contributed by atoms with van der Waals surface area (Å²) in [6, 6.07) is 7.99. The monoisotopic (exact) mass is 469 g/mol. The van der Waals surface area contributed by atoms with E-state index in [1.54, 1.807) is 30.9 Å². The average molecular weight is 470 g/mol. The Labute approximate surface area is 192 Å². The van der Waals surface area contributed by atoms with E-state index >= 15 is 0 Å². The minimum atomic E-state index is -0.367. The third kappa shape index (κ3) is 4.23. The topological polar surface area (TPSA) is 90.6 Å². The van der Waals surface area contributed by atoms with Crippen molar-refractivity contribution in [1.29, 1.82) is 0 Å². The lowest BCUT2D eigenvalue weighted by atomic mass is 10.1. The Morgan fingerprint density at radius 3 is 2.88 bits per heavy atom. The normalized spacial score (nSPS) is 14.8. The van der Waals surface area contributed by atoms with Crippen LogP contribution in [0.1, 0.15) is 17.4 Å². The summed E-state index contributed by atoms with van der Waals surface area (Å²) in [6.07, 6.45) is 7.30. The fraction of sp³-hybridized carbons (Fsp3) is 0.190. The van der Waals surface area contributed by atoms with Gasteiger partial charge in [-0.05, 0) is 41.8 Å². The first kappa shape index (κ1) is 20.7. The molecule has 32 heavy (non-hydrogen) atoms. The number of pyridine rings is 1. The summed E-state index contributed by atoms with van der Waals surface area (Å²) in [7, 11) is 0. The molecule has 1 N–H and O–H groups in total. The predicted octanol–water partition coefficient (Wildman–Crippen LogP) is 4.21. The summed E-state index contributed by atoms with van der Waals surface area (Å²) in [5.41, 5.74) is 1.49. The van der Waals surface area contributed by atoms with Crippen LogP contribution < -0.4 is 9.46 Å². The maximum atomic E-state index is 14.0. The van der Waals surface area contributed by atoms with Gasteiger partial charge < -0.3 is 4.74 Å². The van der Waals surface area contributed by atoms with E-state index in [-0.39, 0.29) is 11.9 Å². The van der Waals surface area contributed by atoms with Gasteiger partial charge in [-0.3, -0.25) is 14.3 Å². The Morgan fingerprint density at radius 1 is 1.19 bits per heavy atom. The molecule has 3 aromatic heterocycles. The van der Waals surface area contributed by atoms with Crippen LogP contribution in [0.25, 0.3) is 11.4 Å². The van der Waals surface area contributed by atoms with Gasteiger partial charge in [0.1, 0.15) is 24.0 Å². The summed E-state index contributed by atoms with van der Waals surface area (Å²) < 4.78 is 25.2. The molecule has 5 rings (SSSR count). The molecule has 0 aliphatic carbocycles. The molecule has 1 atom stereocenters. The van der Waals surface area contributed by atoms with Gasteiger partial charge in [-0.2, -0.15) is 0 Å². The van der Waals surface area contributed by atoms with Crippen LogP contribution in [0.4, 0.5) is 10.3 Å². The average Bonchev–Trinajstić information content (AvgIpc) is 3.15. The zero-order valence-corrected chi connectivity index (χ0v) is 18.2. The number of halogens is 2. The van der Waals surface area contributed by atoms with E-state index in [4.69, 9.17) is 16.3 Å². The van der Waals surface area contributed by atoms with Gasteiger partial charge >= 0.3 is 0 Å². The molecule has 0 amide bonds. The van der Waals surface area contributed by atoms with Gasteiger partial charge in [-0.15, -0.1) is 10.2 Å². The summed E-state index contributed by atoms with van der Waals surface area (Å²) in [4.78, 5) is 12.6. The lowest BCUT2D eigenvalue weighted by molar-refractivity contribution is 0.280. The van der Waals surface area contributed by atoms with E-state index in [2.05, 4.69) is 29.9 Å². The molecule has 1 aromatic carbocycles. The molecule has 1 aliphatic rings. The highest BCUT2D eigenvalue weighted by atomic mass is 35.5. The number of fused-ring (bicyclic) bond motifs is 3. The minimum absolute atomic E-state index is 0.244. The number of nitrogens with one attached hydrogen (secondary N) is 1. The fourth-order valence-electron chi connectivity index (χ4n) is 3.43. The number of aryl methyl sites for hydroxylation is 1. The molecule has 0 spiro atoms. The second-order valence-electron chi connectivity index (χ2n) is 6.99. The molecule has 0 fully saturated rings. The molecule has 1 unspecified atom stereocenters. The molecule has 4 aromatic rings. The van der Waals surface area contributed by atoms with Crippen molar-refractivity contribution in [3.63, 3.8) is 0 Å². The number of hydrogen-bond donors (Lipinski definition) is 1. The van der Waals surface area contributed by atoms with Crippen molar-refractivity contribution in [3.8, 4) is 17.1 Å². The van der Waals surface area contributed by atoms with Crippen LogP contribution >= 0.6 is 23.5 Å². The third-order valence-corrected chi connectivity index (χ3v) is 5.85. The summed E-state index contributed by atoms with van der Waals surface area (Å²) in [5, 5.41) is 9.19. The van der Waals surface area contributed by atoms with Crippen LogP contribution in [0.3, 0.4) is 0 Å². The fourth-order valence-corrected chi connectivity index (χ4v) is 4.18. The van der Waals surface area contributed by atoms with E-state index in [0.717, 1.165) is 5.56 Å². The van der Waals surface area contributed by atoms with E-state index in [9.17, 15) is 4.39 Å². The van der Waals surface area contributed by atoms with Crippen molar-refractivity contribution in [3.05, 3.63) is 77.3 Å². The van der Waals surface area contributed by atoms with Gasteiger partial charge in [-0.25, -0.2) is 14.4 Å². The van der Waals surface area contributed by atoms with Crippen LogP contribution in [0.15, 0.2) is 55.1 Å². The number of anilines is 1. The van der Waals surface area contributed by atoms with E-state index in [1.165, 1.54) is 24.1 Å². The van der Waals surface area contributed by atoms with E-state index < -0.39 is 0 Å². The highest BCUT2D eigenvalue weighted by Gasteiger charge is 2.29. The number of ether oxygens (including phenoxy) is 1. The minimum Gasteiger partial charge on any atom is -0.490 e. The zero-order valence-electron chi connectivity index (χ0n) is 16.7. The Hall–Kier alpha value is -3.24. The lowest BCUT2D eigenvalue weighted by Crippen LogP contribution is -2.19. The first-order valence-corrected chi connectivity index (χ1v) is 11.2.